The van der Waals surface area contributed by atoms with Crippen LogP contribution in [-0.2, 0) is 11.0 Å². The zero-order valence-electron chi connectivity index (χ0n) is 6.73. The number of alkyl halides is 3. The molecular formula is C8H5ClF3NO. The van der Waals surface area contributed by atoms with Gasteiger partial charge in [0.2, 0.25) is 6.41 Å². The topological polar surface area (TPSA) is 29.1 Å². The van der Waals surface area contributed by atoms with E-state index < -0.39 is 11.7 Å². The van der Waals surface area contributed by atoms with Crippen molar-refractivity contribution in [2.45, 2.75) is 6.18 Å². The van der Waals surface area contributed by atoms with E-state index in [4.69, 9.17) is 11.6 Å². The highest BCUT2D eigenvalue weighted by Gasteiger charge is 2.31. The van der Waals surface area contributed by atoms with Gasteiger partial charge in [0.15, 0.2) is 0 Å². The van der Waals surface area contributed by atoms with E-state index in [0.717, 1.165) is 12.1 Å². The van der Waals surface area contributed by atoms with Crippen LogP contribution in [0.15, 0.2) is 18.2 Å². The number of carbonyl (C=O) groups is 1. The monoisotopic (exact) mass is 223 g/mol. The molecular weight excluding hydrogens is 219 g/mol. The number of nitrogens with one attached hydrogen (secondary N) is 1. The highest BCUT2D eigenvalue weighted by Crippen LogP contribution is 2.33. The average molecular weight is 224 g/mol. The van der Waals surface area contributed by atoms with Crippen LogP contribution in [0.3, 0.4) is 0 Å². The lowest BCUT2D eigenvalue weighted by Crippen LogP contribution is -2.06. The van der Waals surface area contributed by atoms with Crippen LogP contribution in [0.5, 0.6) is 0 Å². The number of anilines is 1. The molecule has 0 spiro atoms. The van der Waals surface area contributed by atoms with Crippen LogP contribution < -0.4 is 5.32 Å². The minimum atomic E-state index is -4.47. The molecule has 1 aromatic carbocycles. The molecule has 0 unspecified atom stereocenters. The van der Waals surface area contributed by atoms with Gasteiger partial charge < -0.3 is 5.32 Å². The van der Waals surface area contributed by atoms with Crippen LogP contribution in [-0.4, -0.2) is 6.41 Å². The first-order chi connectivity index (χ1) is 6.43. The molecule has 0 radical (unpaired) electrons. The van der Waals surface area contributed by atoms with E-state index in [1.165, 1.54) is 6.07 Å². The molecule has 2 nitrogen and oxygen atoms in total. The molecule has 0 atom stereocenters. The van der Waals surface area contributed by atoms with Crippen molar-refractivity contribution in [2.75, 3.05) is 5.32 Å². The second kappa shape index (κ2) is 3.88. The van der Waals surface area contributed by atoms with Gasteiger partial charge in [0.25, 0.3) is 0 Å². The van der Waals surface area contributed by atoms with Crippen LogP contribution >= 0.6 is 11.6 Å². The fourth-order valence-corrected chi connectivity index (χ4v) is 1.14. The number of carbonyl (C=O) groups excluding carboxylic acids is 1. The Hall–Kier alpha value is -1.23. The average Bonchev–Trinajstić information content (AvgIpc) is 2.02. The summed E-state index contributed by atoms with van der Waals surface area (Å²) in [7, 11) is 0. The Morgan fingerprint density at radius 2 is 1.93 bits per heavy atom. The summed E-state index contributed by atoms with van der Waals surface area (Å²) in [4.78, 5) is 10.0. The second-order valence-electron chi connectivity index (χ2n) is 2.49. The van der Waals surface area contributed by atoms with Crippen molar-refractivity contribution >= 4 is 23.7 Å². The van der Waals surface area contributed by atoms with Crippen molar-refractivity contribution in [3.63, 3.8) is 0 Å². The third-order valence-corrected chi connectivity index (χ3v) is 1.67. The van der Waals surface area contributed by atoms with Crippen LogP contribution in [0.2, 0.25) is 5.02 Å². The lowest BCUT2D eigenvalue weighted by Gasteiger charge is -2.08. The van der Waals surface area contributed by atoms with Crippen LogP contribution in [0.25, 0.3) is 0 Å². The Morgan fingerprint density at radius 3 is 2.43 bits per heavy atom. The fraction of sp³-hybridized carbons (Fsp3) is 0.125. The number of benzene rings is 1. The molecule has 0 saturated carbocycles. The molecule has 14 heavy (non-hydrogen) atoms. The summed E-state index contributed by atoms with van der Waals surface area (Å²) in [6, 6.07) is 2.82. The Labute approximate surface area is 82.7 Å². The quantitative estimate of drug-likeness (QED) is 0.768. The molecule has 0 bridgehead atoms. The molecule has 1 rings (SSSR count). The van der Waals surface area contributed by atoms with E-state index in [2.05, 4.69) is 5.32 Å². The summed E-state index contributed by atoms with van der Waals surface area (Å²) in [5.74, 6) is 0. The minimum Gasteiger partial charge on any atom is -0.329 e. The van der Waals surface area contributed by atoms with E-state index >= 15 is 0 Å². The van der Waals surface area contributed by atoms with Gasteiger partial charge >= 0.3 is 6.18 Å². The molecule has 0 aliphatic heterocycles. The molecule has 0 heterocycles. The third kappa shape index (κ3) is 2.63. The van der Waals surface area contributed by atoms with Gasteiger partial charge in [-0.2, -0.15) is 13.2 Å². The zero-order valence-corrected chi connectivity index (χ0v) is 7.49. The molecule has 1 aromatic rings. The van der Waals surface area contributed by atoms with Gasteiger partial charge in [-0.15, -0.1) is 0 Å². The van der Waals surface area contributed by atoms with E-state index in [9.17, 15) is 18.0 Å². The van der Waals surface area contributed by atoms with E-state index in [1.54, 1.807) is 0 Å². The molecule has 76 valence electrons. The maximum atomic E-state index is 12.2. The van der Waals surface area contributed by atoms with Gasteiger partial charge in [0, 0.05) is 10.7 Å². The van der Waals surface area contributed by atoms with Crippen molar-refractivity contribution in [2.24, 2.45) is 0 Å². The van der Waals surface area contributed by atoms with Gasteiger partial charge in [-0.1, -0.05) is 11.6 Å². The van der Waals surface area contributed by atoms with Crippen molar-refractivity contribution < 1.29 is 18.0 Å². The Bertz CT molecular complexity index is 351. The highest BCUT2D eigenvalue weighted by atomic mass is 35.5. The SMILES string of the molecule is O=CNc1cc(Cl)cc(C(F)(F)F)c1. The normalized spacial score (nSPS) is 11.1. The Kier molecular flexibility index (Phi) is 3.00. The highest BCUT2D eigenvalue weighted by molar-refractivity contribution is 6.31. The minimum absolute atomic E-state index is 0.0137. The van der Waals surface area contributed by atoms with Crippen molar-refractivity contribution in [1.82, 2.24) is 0 Å². The third-order valence-electron chi connectivity index (χ3n) is 1.45. The van der Waals surface area contributed by atoms with Gasteiger partial charge in [0.1, 0.15) is 0 Å². The number of halogens is 4. The maximum Gasteiger partial charge on any atom is 0.416 e. The van der Waals surface area contributed by atoms with Gasteiger partial charge in [-0.05, 0) is 18.2 Å². The van der Waals surface area contributed by atoms with Crippen LogP contribution in [0, 0.1) is 0 Å². The maximum absolute atomic E-state index is 12.2. The number of rotatable bonds is 2. The molecule has 0 aromatic heterocycles. The summed E-state index contributed by atoms with van der Waals surface area (Å²) in [6.45, 7) is 0. The molecule has 0 saturated heterocycles. The molecule has 1 N–H and O–H groups in total. The van der Waals surface area contributed by atoms with E-state index in [0.29, 0.717) is 0 Å². The van der Waals surface area contributed by atoms with Gasteiger partial charge in [-0.25, -0.2) is 0 Å². The second-order valence-corrected chi connectivity index (χ2v) is 2.92. The summed E-state index contributed by atoms with van der Waals surface area (Å²) >= 11 is 5.44. The largest absolute Gasteiger partial charge is 0.416 e. The lowest BCUT2D eigenvalue weighted by molar-refractivity contribution is -0.137. The van der Waals surface area contributed by atoms with Gasteiger partial charge in [-0.3, -0.25) is 4.79 Å². The first kappa shape index (κ1) is 10.8. The molecule has 1 amide bonds. The van der Waals surface area contributed by atoms with E-state index in [1.807, 2.05) is 0 Å². The zero-order chi connectivity index (χ0) is 10.8. The summed E-state index contributed by atoms with van der Waals surface area (Å²) < 4.78 is 36.6. The van der Waals surface area contributed by atoms with Crippen molar-refractivity contribution in [3.8, 4) is 0 Å². The van der Waals surface area contributed by atoms with Crippen LogP contribution in [0.1, 0.15) is 5.56 Å². The smallest absolute Gasteiger partial charge is 0.329 e. The van der Waals surface area contributed by atoms with Gasteiger partial charge in [0.05, 0.1) is 5.56 Å². The molecule has 0 aliphatic carbocycles. The Balaban J connectivity index is 3.13. The molecule has 0 aliphatic rings. The first-order valence-corrected chi connectivity index (χ1v) is 3.89. The lowest BCUT2D eigenvalue weighted by atomic mass is 10.2. The number of hydrogen-bond donors (Lipinski definition) is 1. The summed E-state index contributed by atoms with van der Waals surface area (Å²) in [5, 5.41) is 2.02. The number of hydrogen-bond acceptors (Lipinski definition) is 1. The van der Waals surface area contributed by atoms with Crippen LogP contribution in [0.4, 0.5) is 18.9 Å². The standard InChI is InChI=1S/C8H5ClF3NO/c9-6-1-5(8(10,11)12)2-7(3-6)13-4-14/h1-4H,(H,13,14). The van der Waals surface area contributed by atoms with Crippen molar-refractivity contribution in [3.05, 3.63) is 28.8 Å². The molecule has 6 heteroatoms. The summed E-state index contributed by atoms with van der Waals surface area (Å²) in [5.41, 5.74) is -0.880. The fourth-order valence-electron chi connectivity index (χ4n) is 0.905. The predicted octanol–water partition coefficient (Wildman–Crippen LogP) is 2.93. The van der Waals surface area contributed by atoms with E-state index in [-0.39, 0.29) is 17.1 Å². The molecule has 0 fully saturated rings. The summed E-state index contributed by atoms with van der Waals surface area (Å²) in [6.07, 6.45) is -4.18. The predicted molar refractivity (Wildman–Crippen MR) is 46.1 cm³/mol. The first-order valence-electron chi connectivity index (χ1n) is 3.51. The Morgan fingerprint density at radius 1 is 1.29 bits per heavy atom. The number of amides is 1. The van der Waals surface area contributed by atoms with Crippen molar-refractivity contribution in [1.29, 1.82) is 0 Å².